The molecule has 1 aromatic heterocycles. The Morgan fingerprint density at radius 1 is 0.902 bits per heavy atom. The van der Waals surface area contributed by atoms with Crippen molar-refractivity contribution in [1.29, 1.82) is 0 Å². The van der Waals surface area contributed by atoms with Gasteiger partial charge in [0.15, 0.2) is 0 Å². The van der Waals surface area contributed by atoms with Crippen LogP contribution in [0.2, 0.25) is 0 Å². The maximum absolute atomic E-state index is 14.3. The van der Waals surface area contributed by atoms with E-state index in [9.17, 15) is 24.0 Å². The molecule has 1 heterocycles. The lowest BCUT2D eigenvalue weighted by molar-refractivity contribution is -0.149. The molecule has 14 nitrogen and oxygen atoms in total. The lowest BCUT2D eigenvalue weighted by Gasteiger charge is -2.43. The number of anilines is 1. The van der Waals surface area contributed by atoms with E-state index in [2.05, 4.69) is 52.7 Å². The standard InChI is InChI=1S/C47H70N6O8/c1-15-59-43(57)36(24-25-39(54)60-30-32-20-22-33(48-11)23-21-32)50-41(55)31(2)26-27-51(12)42(56)40(45(3,4)5)49-28-38(53(14)44(58)61-46(6,7)8)47(9,10)35-29-52(13)37-19-17-16-18-34(35)37/h16-23,26,29,36,38,40,48-49H,15,24-25,27-28,30H2,1-14H3,(H,50,55)/b31-26+. The van der Waals surface area contributed by atoms with E-state index < -0.39 is 58.5 Å². The molecule has 0 fully saturated rings. The highest BCUT2D eigenvalue weighted by Crippen LogP contribution is 2.37. The second kappa shape index (κ2) is 21.4. The SMILES string of the molecule is CCOC(=O)C(CCC(=O)OCc1ccc(NC)cc1)NC(=O)/C(C)=C/CN(C)C(=O)C(NCC(N(C)C(=O)OC(C)(C)C)C(C)(C)c1cn(C)c2ccccc12)C(C)(C)C. The van der Waals surface area contributed by atoms with Crippen LogP contribution < -0.4 is 16.0 Å². The number of carbonyl (C=O) groups is 5. The number of esters is 2. The van der Waals surface area contributed by atoms with Crippen LogP contribution in [-0.4, -0.2) is 109 Å². The molecule has 0 spiro atoms. The zero-order valence-electron chi connectivity index (χ0n) is 38.9. The van der Waals surface area contributed by atoms with Gasteiger partial charge in [-0.1, -0.05) is 71.0 Å². The third-order valence-corrected chi connectivity index (χ3v) is 10.8. The molecular formula is C47H70N6O8. The van der Waals surface area contributed by atoms with Crippen molar-refractivity contribution < 1.29 is 38.2 Å². The number of likely N-dealkylation sites (N-methyl/N-ethyl adjacent to an activating group) is 2. The second-order valence-electron chi connectivity index (χ2n) is 18.2. The molecule has 14 heteroatoms. The second-order valence-corrected chi connectivity index (χ2v) is 18.2. The minimum absolute atomic E-state index is 0.0197. The van der Waals surface area contributed by atoms with Crippen molar-refractivity contribution in [2.24, 2.45) is 12.5 Å². The topological polar surface area (TPSA) is 161 Å². The third-order valence-electron chi connectivity index (χ3n) is 10.8. The number of ether oxygens (including phenoxy) is 3. The molecule has 3 amide bonds. The van der Waals surface area contributed by atoms with Gasteiger partial charge in [-0.05, 0) is 75.8 Å². The molecule has 0 aliphatic carbocycles. The van der Waals surface area contributed by atoms with E-state index in [4.69, 9.17) is 14.2 Å². The Morgan fingerprint density at radius 3 is 2.13 bits per heavy atom. The third kappa shape index (κ3) is 14.1. The highest BCUT2D eigenvalue weighted by atomic mass is 16.6. The number of aromatic nitrogens is 1. The highest BCUT2D eigenvalue weighted by Gasteiger charge is 2.42. The van der Waals surface area contributed by atoms with Crippen molar-refractivity contribution in [2.45, 2.75) is 118 Å². The summed E-state index contributed by atoms with van der Waals surface area (Å²) in [5.74, 6) is -1.93. The van der Waals surface area contributed by atoms with Crippen LogP contribution in [0.4, 0.5) is 10.5 Å². The first-order valence-corrected chi connectivity index (χ1v) is 21.0. The molecule has 0 radical (unpaired) electrons. The molecule has 3 N–H and O–H groups in total. The fraction of sp³-hybridized carbons (Fsp3) is 0.553. The maximum Gasteiger partial charge on any atom is 0.410 e. The summed E-state index contributed by atoms with van der Waals surface area (Å²) in [6.07, 6.45) is 3.10. The molecular weight excluding hydrogens is 777 g/mol. The van der Waals surface area contributed by atoms with Crippen LogP contribution in [0.15, 0.2) is 66.4 Å². The summed E-state index contributed by atoms with van der Waals surface area (Å²) in [4.78, 5) is 69.8. The predicted molar refractivity (Wildman–Crippen MR) is 240 cm³/mol. The van der Waals surface area contributed by atoms with Crippen LogP contribution in [0.1, 0.15) is 93.2 Å². The van der Waals surface area contributed by atoms with E-state index in [0.29, 0.717) is 0 Å². The largest absolute Gasteiger partial charge is 0.464 e. The number of carbonyl (C=O) groups excluding carboxylic acids is 5. The smallest absolute Gasteiger partial charge is 0.410 e. The average molecular weight is 847 g/mol. The van der Waals surface area contributed by atoms with E-state index in [1.807, 2.05) is 92.0 Å². The first-order valence-electron chi connectivity index (χ1n) is 21.0. The number of nitrogens with zero attached hydrogens (tertiary/aromatic N) is 3. The number of fused-ring (bicyclic) bond motifs is 1. The van der Waals surface area contributed by atoms with Crippen LogP contribution >= 0.6 is 0 Å². The van der Waals surface area contributed by atoms with Gasteiger partial charge < -0.3 is 44.5 Å². The average Bonchev–Trinajstić information content (AvgIpc) is 3.54. The maximum atomic E-state index is 14.3. The van der Waals surface area contributed by atoms with Gasteiger partial charge in [-0.15, -0.1) is 0 Å². The van der Waals surface area contributed by atoms with Crippen molar-refractivity contribution in [3.05, 3.63) is 77.5 Å². The molecule has 336 valence electrons. The van der Waals surface area contributed by atoms with E-state index in [0.717, 1.165) is 27.7 Å². The lowest BCUT2D eigenvalue weighted by Crippen LogP contribution is -2.59. The molecule has 0 aliphatic heterocycles. The normalized spacial score (nSPS) is 13.8. The van der Waals surface area contributed by atoms with Crippen molar-refractivity contribution >= 4 is 46.4 Å². The molecule has 2 aromatic carbocycles. The number of aryl methyl sites for hydroxylation is 1. The summed E-state index contributed by atoms with van der Waals surface area (Å²) in [5, 5.41) is 10.3. The molecule has 0 saturated carbocycles. The van der Waals surface area contributed by atoms with Gasteiger partial charge in [0.1, 0.15) is 18.2 Å². The minimum atomic E-state index is -1.09. The minimum Gasteiger partial charge on any atom is -0.464 e. The molecule has 0 bridgehead atoms. The van der Waals surface area contributed by atoms with Gasteiger partial charge in [-0.2, -0.15) is 0 Å². The van der Waals surface area contributed by atoms with Gasteiger partial charge in [0.05, 0.1) is 18.7 Å². The van der Waals surface area contributed by atoms with Crippen molar-refractivity contribution in [2.75, 3.05) is 46.2 Å². The Hall–Kier alpha value is -5.37. The van der Waals surface area contributed by atoms with Gasteiger partial charge in [0.2, 0.25) is 11.8 Å². The molecule has 3 aromatic rings. The zero-order valence-corrected chi connectivity index (χ0v) is 38.9. The molecule has 0 saturated heterocycles. The summed E-state index contributed by atoms with van der Waals surface area (Å²) >= 11 is 0. The van der Waals surface area contributed by atoms with E-state index >= 15 is 0 Å². The van der Waals surface area contributed by atoms with Crippen molar-refractivity contribution in [3.63, 3.8) is 0 Å². The number of para-hydroxylation sites is 1. The van der Waals surface area contributed by atoms with Crippen molar-refractivity contribution in [1.82, 2.24) is 25.0 Å². The van der Waals surface area contributed by atoms with Gasteiger partial charge in [0.25, 0.3) is 0 Å². The molecule has 0 aliphatic rings. The predicted octanol–water partition coefficient (Wildman–Crippen LogP) is 6.71. The monoisotopic (exact) mass is 847 g/mol. The Bertz CT molecular complexity index is 2010. The quantitative estimate of drug-likeness (QED) is 0.0672. The first-order chi connectivity index (χ1) is 28.4. The Morgan fingerprint density at radius 2 is 1.54 bits per heavy atom. The Kier molecular flexibility index (Phi) is 17.6. The lowest BCUT2D eigenvalue weighted by atomic mass is 9.76. The summed E-state index contributed by atoms with van der Waals surface area (Å²) in [6.45, 7) is 19.4. The Balaban J connectivity index is 1.75. The Labute approximate surface area is 362 Å². The first kappa shape index (κ1) is 50.0. The number of rotatable bonds is 19. The van der Waals surface area contributed by atoms with Crippen LogP contribution in [0.5, 0.6) is 0 Å². The number of amides is 3. The summed E-state index contributed by atoms with van der Waals surface area (Å²) in [6, 6.07) is 13.4. The number of hydrogen-bond donors (Lipinski definition) is 3. The van der Waals surface area contributed by atoms with Crippen molar-refractivity contribution in [3.8, 4) is 0 Å². The summed E-state index contributed by atoms with van der Waals surface area (Å²) < 4.78 is 18.5. The molecule has 61 heavy (non-hydrogen) atoms. The fourth-order valence-electron chi connectivity index (χ4n) is 7.07. The van der Waals surface area contributed by atoms with Crippen LogP contribution in [0.3, 0.4) is 0 Å². The fourth-order valence-corrected chi connectivity index (χ4v) is 7.07. The van der Waals surface area contributed by atoms with Gasteiger partial charge >= 0.3 is 18.0 Å². The van der Waals surface area contributed by atoms with Gasteiger partial charge in [0, 0.05) is 81.5 Å². The van der Waals surface area contributed by atoms with E-state index in [-0.39, 0.29) is 50.6 Å². The molecule has 3 atom stereocenters. The number of benzene rings is 2. The molecule has 3 rings (SSSR count). The number of nitrogens with one attached hydrogen (secondary N) is 3. The summed E-state index contributed by atoms with van der Waals surface area (Å²) in [5.41, 5.74) is 2.27. The molecule has 3 unspecified atom stereocenters. The zero-order chi connectivity index (χ0) is 45.9. The van der Waals surface area contributed by atoms with Gasteiger partial charge in [-0.25, -0.2) is 9.59 Å². The van der Waals surface area contributed by atoms with Crippen LogP contribution in [0.25, 0.3) is 10.9 Å². The van der Waals surface area contributed by atoms with E-state index in [1.54, 1.807) is 38.9 Å². The van der Waals surface area contributed by atoms with Crippen LogP contribution in [-0.2, 0) is 52.5 Å². The number of hydrogen-bond acceptors (Lipinski definition) is 10. The van der Waals surface area contributed by atoms with Gasteiger partial charge in [-0.3, -0.25) is 14.4 Å². The highest BCUT2D eigenvalue weighted by molar-refractivity contribution is 5.96. The summed E-state index contributed by atoms with van der Waals surface area (Å²) in [7, 11) is 7.21. The van der Waals surface area contributed by atoms with E-state index in [1.165, 1.54) is 4.90 Å². The van der Waals surface area contributed by atoms with Crippen LogP contribution in [0, 0.1) is 5.41 Å².